The van der Waals surface area contributed by atoms with Crippen LogP contribution in [-0.2, 0) is 14.4 Å². The second-order valence-corrected chi connectivity index (χ2v) is 5.17. The molecule has 0 heterocycles. The van der Waals surface area contributed by atoms with Gasteiger partial charge in [0, 0.05) is 0 Å². The van der Waals surface area contributed by atoms with E-state index in [2.05, 4.69) is 5.48 Å². The number of allylic oxidation sites excluding steroid dienone is 2. The average Bonchev–Trinajstić information content (AvgIpc) is 2.25. The van der Waals surface area contributed by atoms with Crippen molar-refractivity contribution in [2.24, 2.45) is 11.8 Å². The van der Waals surface area contributed by atoms with Gasteiger partial charge in [-0.05, 0) is 33.6 Å². The van der Waals surface area contributed by atoms with E-state index in [-0.39, 0.29) is 5.91 Å². The van der Waals surface area contributed by atoms with Gasteiger partial charge in [0.2, 0.25) is 5.91 Å². The van der Waals surface area contributed by atoms with Gasteiger partial charge in [-0.2, -0.15) is 0 Å². The molecule has 2 unspecified atom stereocenters. The first-order chi connectivity index (χ1) is 7.81. The molecule has 5 heteroatoms. The van der Waals surface area contributed by atoms with Crippen LogP contribution in [0.4, 0.5) is 0 Å². The normalized spacial score (nSPS) is 24.4. The highest BCUT2D eigenvalue weighted by Crippen LogP contribution is 2.26. The van der Waals surface area contributed by atoms with E-state index in [4.69, 9.17) is 9.94 Å². The molecule has 17 heavy (non-hydrogen) atoms. The molecule has 0 aromatic heterocycles. The molecule has 0 saturated heterocycles. The summed E-state index contributed by atoms with van der Waals surface area (Å²) >= 11 is 0. The summed E-state index contributed by atoms with van der Waals surface area (Å²) in [6.07, 6.45) is 4.47. The Bertz CT molecular complexity index is 330. The molecule has 1 aliphatic carbocycles. The molecule has 96 valence electrons. The maximum atomic E-state index is 11.8. The smallest absolute Gasteiger partial charge is 0.307 e. The Morgan fingerprint density at radius 3 is 2.24 bits per heavy atom. The van der Waals surface area contributed by atoms with Crippen LogP contribution >= 0.6 is 0 Å². The summed E-state index contributed by atoms with van der Waals surface area (Å²) in [5, 5.41) is 9.03. The Morgan fingerprint density at radius 1 is 1.24 bits per heavy atom. The molecule has 0 aromatic rings. The number of nitrogens with one attached hydrogen (secondary N) is 1. The first kappa shape index (κ1) is 13.7. The van der Waals surface area contributed by atoms with E-state index >= 15 is 0 Å². The fraction of sp³-hybridized carbons (Fsp3) is 0.667. The molecule has 0 fully saturated rings. The molecule has 0 radical (unpaired) electrons. The van der Waals surface area contributed by atoms with E-state index in [1.807, 2.05) is 26.8 Å². The van der Waals surface area contributed by atoms with Crippen LogP contribution in [0.15, 0.2) is 12.2 Å². The number of carboxylic acids is 1. The third kappa shape index (κ3) is 4.19. The van der Waals surface area contributed by atoms with Gasteiger partial charge in [-0.25, -0.2) is 5.48 Å². The molecule has 0 bridgehead atoms. The quantitative estimate of drug-likeness (QED) is 0.580. The third-order valence-corrected chi connectivity index (χ3v) is 2.54. The summed E-state index contributed by atoms with van der Waals surface area (Å²) < 4.78 is 0. The fourth-order valence-corrected chi connectivity index (χ4v) is 1.66. The summed E-state index contributed by atoms with van der Waals surface area (Å²) in [5.74, 6) is -2.52. The third-order valence-electron chi connectivity index (χ3n) is 2.54. The van der Waals surface area contributed by atoms with Gasteiger partial charge in [0.25, 0.3) is 0 Å². The van der Waals surface area contributed by atoms with E-state index in [1.165, 1.54) is 0 Å². The minimum atomic E-state index is -0.940. The van der Waals surface area contributed by atoms with Crippen molar-refractivity contribution in [2.45, 2.75) is 39.2 Å². The number of aliphatic carboxylic acids is 1. The highest BCUT2D eigenvalue weighted by atomic mass is 16.7. The number of carbonyl (C=O) groups is 2. The molecule has 1 amide bonds. The lowest BCUT2D eigenvalue weighted by Gasteiger charge is -2.26. The number of carboxylic acid groups (broad SMARTS) is 1. The average molecular weight is 241 g/mol. The van der Waals surface area contributed by atoms with Crippen molar-refractivity contribution in [1.82, 2.24) is 5.48 Å². The second-order valence-electron chi connectivity index (χ2n) is 5.17. The Hall–Kier alpha value is -1.36. The molecule has 1 aliphatic rings. The summed E-state index contributed by atoms with van der Waals surface area (Å²) in [4.78, 5) is 28.0. The molecule has 0 spiro atoms. The van der Waals surface area contributed by atoms with Crippen LogP contribution in [0.25, 0.3) is 0 Å². The number of amides is 1. The van der Waals surface area contributed by atoms with Gasteiger partial charge in [-0.15, -0.1) is 0 Å². The Kier molecular flexibility index (Phi) is 4.28. The highest BCUT2D eigenvalue weighted by Gasteiger charge is 2.34. The summed E-state index contributed by atoms with van der Waals surface area (Å²) in [6.45, 7) is 5.42. The topological polar surface area (TPSA) is 75.6 Å². The van der Waals surface area contributed by atoms with Crippen LogP contribution in [-0.4, -0.2) is 22.6 Å². The van der Waals surface area contributed by atoms with Crippen LogP contribution in [0.3, 0.4) is 0 Å². The van der Waals surface area contributed by atoms with E-state index in [9.17, 15) is 9.59 Å². The standard InChI is InChI=1S/C12H19NO4/c1-12(2,3)17-13-10(14)8-6-4-5-7-9(8)11(15)16/h4-5,8-9H,6-7H2,1-3H3,(H,13,14)(H,15,16). The maximum Gasteiger partial charge on any atom is 0.307 e. The van der Waals surface area contributed by atoms with Crippen LogP contribution in [0, 0.1) is 11.8 Å². The van der Waals surface area contributed by atoms with Crippen molar-refractivity contribution in [1.29, 1.82) is 0 Å². The minimum absolute atomic E-state index is 0.364. The first-order valence-corrected chi connectivity index (χ1v) is 5.67. The SMILES string of the molecule is CC(C)(C)ONC(=O)C1CC=CCC1C(=O)O. The Labute approximate surface area is 101 Å². The summed E-state index contributed by atoms with van der Waals surface area (Å²) in [7, 11) is 0. The zero-order chi connectivity index (χ0) is 13.1. The van der Waals surface area contributed by atoms with E-state index in [1.54, 1.807) is 6.08 Å². The van der Waals surface area contributed by atoms with Gasteiger partial charge in [-0.3, -0.25) is 14.4 Å². The van der Waals surface area contributed by atoms with Crippen molar-refractivity contribution < 1.29 is 19.5 Å². The summed E-state index contributed by atoms with van der Waals surface area (Å²) in [5.41, 5.74) is 1.85. The molecule has 1 rings (SSSR count). The molecule has 0 saturated carbocycles. The van der Waals surface area contributed by atoms with Gasteiger partial charge in [-0.1, -0.05) is 12.2 Å². The van der Waals surface area contributed by atoms with Crippen LogP contribution in [0.2, 0.25) is 0 Å². The zero-order valence-electron chi connectivity index (χ0n) is 10.4. The lowest BCUT2D eigenvalue weighted by molar-refractivity contribution is -0.157. The summed E-state index contributed by atoms with van der Waals surface area (Å²) in [6, 6.07) is 0. The van der Waals surface area contributed by atoms with Gasteiger partial charge >= 0.3 is 5.97 Å². The Balaban J connectivity index is 2.60. The molecule has 0 aliphatic heterocycles. The van der Waals surface area contributed by atoms with Crippen molar-refractivity contribution in [2.75, 3.05) is 0 Å². The lowest BCUT2D eigenvalue weighted by Crippen LogP contribution is -2.41. The van der Waals surface area contributed by atoms with Gasteiger partial charge in [0.15, 0.2) is 0 Å². The zero-order valence-corrected chi connectivity index (χ0v) is 10.4. The Morgan fingerprint density at radius 2 is 1.76 bits per heavy atom. The molecular formula is C12H19NO4. The van der Waals surface area contributed by atoms with Crippen LogP contribution < -0.4 is 5.48 Å². The number of hydroxylamine groups is 1. The van der Waals surface area contributed by atoms with Gasteiger partial charge < -0.3 is 5.11 Å². The van der Waals surface area contributed by atoms with E-state index in [0.717, 1.165) is 0 Å². The van der Waals surface area contributed by atoms with E-state index < -0.39 is 23.4 Å². The largest absolute Gasteiger partial charge is 0.481 e. The van der Waals surface area contributed by atoms with Gasteiger partial charge in [0.1, 0.15) is 0 Å². The number of rotatable bonds is 3. The minimum Gasteiger partial charge on any atom is -0.481 e. The van der Waals surface area contributed by atoms with Crippen LogP contribution in [0.1, 0.15) is 33.6 Å². The first-order valence-electron chi connectivity index (χ1n) is 5.67. The fourth-order valence-electron chi connectivity index (χ4n) is 1.66. The molecule has 2 N–H and O–H groups in total. The molecule has 5 nitrogen and oxygen atoms in total. The lowest BCUT2D eigenvalue weighted by atomic mass is 9.82. The molecule has 0 aromatic carbocycles. The van der Waals surface area contributed by atoms with Crippen molar-refractivity contribution in [3.8, 4) is 0 Å². The number of carbonyl (C=O) groups excluding carboxylic acids is 1. The monoisotopic (exact) mass is 241 g/mol. The second kappa shape index (κ2) is 5.31. The number of hydrogen-bond acceptors (Lipinski definition) is 3. The predicted molar refractivity (Wildman–Crippen MR) is 62.0 cm³/mol. The molecular weight excluding hydrogens is 222 g/mol. The van der Waals surface area contributed by atoms with Crippen molar-refractivity contribution >= 4 is 11.9 Å². The maximum absolute atomic E-state index is 11.8. The number of hydrogen-bond donors (Lipinski definition) is 2. The van der Waals surface area contributed by atoms with E-state index in [0.29, 0.717) is 12.8 Å². The van der Waals surface area contributed by atoms with Crippen molar-refractivity contribution in [3.05, 3.63) is 12.2 Å². The predicted octanol–water partition coefficient (Wildman–Crippen LogP) is 1.50. The highest BCUT2D eigenvalue weighted by molar-refractivity contribution is 5.84. The van der Waals surface area contributed by atoms with Gasteiger partial charge in [0.05, 0.1) is 17.4 Å². The molecule has 2 atom stereocenters. The van der Waals surface area contributed by atoms with Crippen molar-refractivity contribution in [3.63, 3.8) is 0 Å². The van der Waals surface area contributed by atoms with Crippen LogP contribution in [0.5, 0.6) is 0 Å².